The van der Waals surface area contributed by atoms with E-state index >= 15 is 0 Å². The van der Waals surface area contributed by atoms with Crippen LogP contribution in [-0.4, -0.2) is 68.3 Å². The van der Waals surface area contributed by atoms with Crippen LogP contribution in [0.15, 0.2) is 4.99 Å². The molecule has 2 aliphatic rings. The van der Waals surface area contributed by atoms with Gasteiger partial charge >= 0.3 is 6.18 Å². The van der Waals surface area contributed by atoms with Crippen LogP contribution in [0, 0.1) is 5.92 Å². The number of likely N-dealkylation sites (tertiary alicyclic amines) is 1. The molecule has 162 valence electrons. The van der Waals surface area contributed by atoms with E-state index in [1.165, 1.54) is 24.2 Å². The third-order valence-corrected chi connectivity index (χ3v) is 5.26. The van der Waals surface area contributed by atoms with E-state index in [2.05, 4.69) is 20.9 Å². The number of nitrogens with zero attached hydrogens (tertiary/aromatic N) is 2. The zero-order valence-corrected chi connectivity index (χ0v) is 16.8. The molecule has 28 heavy (non-hydrogen) atoms. The molecule has 0 bridgehead atoms. The number of halogens is 3. The first-order valence-electron chi connectivity index (χ1n) is 10.5. The summed E-state index contributed by atoms with van der Waals surface area (Å²) in [6.45, 7) is 3.41. The van der Waals surface area contributed by atoms with E-state index in [0.29, 0.717) is 57.4 Å². The fourth-order valence-electron chi connectivity index (χ4n) is 3.95. The second-order valence-corrected chi connectivity index (χ2v) is 7.80. The predicted molar refractivity (Wildman–Crippen MR) is 104 cm³/mol. The van der Waals surface area contributed by atoms with Gasteiger partial charge in [0.05, 0.1) is 13.1 Å². The highest BCUT2D eigenvalue weighted by Crippen LogP contribution is 2.26. The second-order valence-electron chi connectivity index (χ2n) is 7.80. The van der Waals surface area contributed by atoms with Gasteiger partial charge in [-0.25, -0.2) is 0 Å². The van der Waals surface area contributed by atoms with Gasteiger partial charge in [-0.1, -0.05) is 19.3 Å². The van der Waals surface area contributed by atoms with Crippen molar-refractivity contribution < 1.29 is 18.0 Å². The predicted octanol–water partition coefficient (Wildman–Crippen LogP) is 2.26. The van der Waals surface area contributed by atoms with Crippen LogP contribution in [0.4, 0.5) is 13.2 Å². The van der Waals surface area contributed by atoms with Crippen LogP contribution in [0.1, 0.15) is 51.9 Å². The molecular formula is C19H34F3N5O. The summed E-state index contributed by atoms with van der Waals surface area (Å²) < 4.78 is 37.5. The Balaban J connectivity index is 1.68. The highest BCUT2D eigenvalue weighted by Gasteiger charge is 2.34. The van der Waals surface area contributed by atoms with Gasteiger partial charge in [-0.3, -0.25) is 14.7 Å². The first-order valence-corrected chi connectivity index (χ1v) is 10.5. The Morgan fingerprint density at radius 2 is 1.89 bits per heavy atom. The zero-order chi connectivity index (χ0) is 20.4. The molecule has 1 aliphatic carbocycles. The van der Waals surface area contributed by atoms with Gasteiger partial charge in [0, 0.05) is 38.6 Å². The number of rotatable bonds is 8. The third-order valence-electron chi connectivity index (χ3n) is 5.26. The Morgan fingerprint density at radius 1 is 1.14 bits per heavy atom. The van der Waals surface area contributed by atoms with E-state index in [0.717, 1.165) is 12.8 Å². The highest BCUT2D eigenvalue weighted by atomic mass is 19.4. The van der Waals surface area contributed by atoms with E-state index in [1.807, 2.05) is 6.92 Å². The molecule has 0 aromatic rings. The number of nitrogens with one attached hydrogen (secondary N) is 3. The number of guanidine groups is 1. The van der Waals surface area contributed by atoms with Crippen molar-refractivity contribution >= 4 is 11.9 Å². The fourth-order valence-corrected chi connectivity index (χ4v) is 3.95. The lowest BCUT2D eigenvalue weighted by atomic mass is 9.87. The maximum Gasteiger partial charge on any atom is 0.401 e. The van der Waals surface area contributed by atoms with E-state index in [1.54, 1.807) is 0 Å². The minimum absolute atomic E-state index is 0.0546. The second kappa shape index (κ2) is 11.5. The average Bonchev–Trinajstić information content (AvgIpc) is 3.04. The first kappa shape index (κ1) is 22.8. The monoisotopic (exact) mass is 405 g/mol. The lowest BCUT2D eigenvalue weighted by Crippen LogP contribution is -2.45. The molecule has 2 fully saturated rings. The molecule has 1 unspecified atom stereocenters. The molecule has 1 amide bonds. The van der Waals surface area contributed by atoms with Crippen LogP contribution < -0.4 is 16.0 Å². The van der Waals surface area contributed by atoms with Gasteiger partial charge in [0.1, 0.15) is 0 Å². The van der Waals surface area contributed by atoms with Crippen molar-refractivity contribution in [3.05, 3.63) is 0 Å². The summed E-state index contributed by atoms with van der Waals surface area (Å²) in [7, 11) is 0. The van der Waals surface area contributed by atoms with Crippen LogP contribution >= 0.6 is 0 Å². The number of hydrogen-bond donors (Lipinski definition) is 3. The molecule has 1 saturated carbocycles. The smallest absolute Gasteiger partial charge is 0.357 e. The normalized spacial score (nSPS) is 22.3. The summed E-state index contributed by atoms with van der Waals surface area (Å²) in [4.78, 5) is 17.9. The summed E-state index contributed by atoms with van der Waals surface area (Å²) in [6, 6.07) is -0.0546. The fraction of sp³-hybridized carbons (Fsp3) is 0.895. The van der Waals surface area contributed by atoms with Crippen molar-refractivity contribution in [1.82, 2.24) is 20.9 Å². The van der Waals surface area contributed by atoms with Gasteiger partial charge in [-0.2, -0.15) is 13.2 Å². The van der Waals surface area contributed by atoms with Gasteiger partial charge < -0.3 is 16.0 Å². The van der Waals surface area contributed by atoms with Gasteiger partial charge in [-0.15, -0.1) is 0 Å². The maximum absolute atomic E-state index is 12.5. The summed E-state index contributed by atoms with van der Waals surface area (Å²) >= 11 is 0. The van der Waals surface area contributed by atoms with Gasteiger partial charge in [0.25, 0.3) is 0 Å². The molecule has 0 spiro atoms. The summed E-state index contributed by atoms with van der Waals surface area (Å²) in [6.07, 6.45) is 3.10. The van der Waals surface area contributed by atoms with Gasteiger partial charge in [-0.05, 0) is 32.1 Å². The van der Waals surface area contributed by atoms with Crippen molar-refractivity contribution in [2.24, 2.45) is 10.9 Å². The number of alkyl halides is 3. The molecule has 3 N–H and O–H groups in total. The molecule has 1 heterocycles. The maximum atomic E-state index is 12.5. The van der Waals surface area contributed by atoms with Crippen molar-refractivity contribution in [2.75, 3.05) is 39.3 Å². The van der Waals surface area contributed by atoms with Crippen molar-refractivity contribution in [2.45, 2.75) is 64.1 Å². The third kappa shape index (κ3) is 9.12. The number of amides is 1. The minimum atomic E-state index is -4.16. The van der Waals surface area contributed by atoms with Crippen LogP contribution in [0.3, 0.4) is 0 Å². The lowest BCUT2D eigenvalue weighted by molar-refractivity contribution is -0.143. The largest absolute Gasteiger partial charge is 0.401 e. The van der Waals surface area contributed by atoms with Gasteiger partial charge in [0.2, 0.25) is 5.91 Å². The quantitative estimate of drug-likeness (QED) is 0.329. The number of aliphatic imine (C=N–C) groups is 1. The van der Waals surface area contributed by atoms with Crippen LogP contribution in [-0.2, 0) is 4.79 Å². The molecular weight excluding hydrogens is 371 g/mol. The standard InChI is InChI=1S/C19H34F3N5O/c1-2-23-18(26-16-8-11-27(13-16)14-19(20,21)22)25-10-9-24-17(28)12-15-6-4-3-5-7-15/h15-16H,2-14H2,1H3,(H,24,28)(H2,23,25,26). The Labute approximate surface area is 165 Å². The van der Waals surface area contributed by atoms with Crippen molar-refractivity contribution in [1.29, 1.82) is 0 Å². The molecule has 2 rings (SSSR count). The lowest BCUT2D eigenvalue weighted by Gasteiger charge is -2.21. The topological polar surface area (TPSA) is 68.8 Å². The molecule has 1 aliphatic heterocycles. The minimum Gasteiger partial charge on any atom is -0.357 e. The molecule has 0 aromatic carbocycles. The number of hydrogen-bond acceptors (Lipinski definition) is 3. The van der Waals surface area contributed by atoms with Crippen molar-refractivity contribution in [3.8, 4) is 0 Å². The molecule has 9 heteroatoms. The number of carbonyl (C=O) groups excluding carboxylic acids is 1. The SMILES string of the molecule is CCNC(=NCCNC(=O)CC1CCCCC1)NC1CCN(CC(F)(F)F)C1. The molecule has 0 radical (unpaired) electrons. The average molecular weight is 406 g/mol. The van der Waals surface area contributed by atoms with E-state index < -0.39 is 12.7 Å². The Hall–Kier alpha value is -1.51. The van der Waals surface area contributed by atoms with Gasteiger partial charge in [0.15, 0.2) is 5.96 Å². The highest BCUT2D eigenvalue weighted by molar-refractivity contribution is 5.80. The molecule has 1 atom stereocenters. The summed E-state index contributed by atoms with van der Waals surface area (Å²) in [5.74, 6) is 1.18. The van der Waals surface area contributed by atoms with E-state index in [-0.39, 0.29) is 11.9 Å². The van der Waals surface area contributed by atoms with Crippen LogP contribution in [0.5, 0.6) is 0 Å². The first-order chi connectivity index (χ1) is 13.4. The molecule has 0 aromatic heterocycles. The molecule has 6 nitrogen and oxygen atoms in total. The van der Waals surface area contributed by atoms with Crippen LogP contribution in [0.2, 0.25) is 0 Å². The Morgan fingerprint density at radius 3 is 2.57 bits per heavy atom. The van der Waals surface area contributed by atoms with Crippen molar-refractivity contribution in [3.63, 3.8) is 0 Å². The molecule has 1 saturated heterocycles. The zero-order valence-electron chi connectivity index (χ0n) is 16.8. The van der Waals surface area contributed by atoms with E-state index in [9.17, 15) is 18.0 Å². The Bertz CT molecular complexity index is 506. The van der Waals surface area contributed by atoms with Crippen LogP contribution in [0.25, 0.3) is 0 Å². The Kier molecular flexibility index (Phi) is 9.34. The summed E-state index contributed by atoms with van der Waals surface area (Å²) in [5, 5.41) is 9.23. The van der Waals surface area contributed by atoms with E-state index in [4.69, 9.17) is 0 Å². The number of carbonyl (C=O) groups is 1. The summed E-state index contributed by atoms with van der Waals surface area (Å²) in [5.41, 5.74) is 0.